The lowest BCUT2D eigenvalue weighted by Gasteiger charge is -2.17. The van der Waals surface area contributed by atoms with E-state index in [0.717, 1.165) is 22.5 Å². The monoisotopic (exact) mass is 373 g/mol. The summed E-state index contributed by atoms with van der Waals surface area (Å²) in [4.78, 5) is 22.5. The van der Waals surface area contributed by atoms with E-state index in [1.807, 2.05) is 74.5 Å². The summed E-state index contributed by atoms with van der Waals surface area (Å²) in [5.74, 6) is 0.649. The Morgan fingerprint density at radius 2 is 1.67 bits per heavy atom. The summed E-state index contributed by atoms with van der Waals surface area (Å²) in [5, 5.41) is 1.31. The van der Waals surface area contributed by atoms with Crippen molar-refractivity contribution < 1.29 is 0 Å². The van der Waals surface area contributed by atoms with Gasteiger partial charge >= 0.3 is 0 Å². The van der Waals surface area contributed by atoms with Crippen LogP contribution in [0.5, 0.6) is 0 Å². The lowest BCUT2D eigenvalue weighted by molar-refractivity contribution is 0.808. The number of fused-ring (bicyclic) bond motifs is 1. The molecule has 0 aliphatic carbocycles. The molecule has 2 heterocycles. The molecule has 0 saturated heterocycles. The van der Waals surface area contributed by atoms with Crippen molar-refractivity contribution in [3.05, 3.63) is 94.0 Å². The van der Waals surface area contributed by atoms with Crippen LogP contribution >= 0.6 is 11.8 Å². The van der Waals surface area contributed by atoms with Gasteiger partial charge in [-0.3, -0.25) is 14.3 Å². The molecule has 0 spiro atoms. The average Bonchev–Trinajstić information content (AvgIpc) is 2.69. The highest BCUT2D eigenvalue weighted by molar-refractivity contribution is 7.98. The first-order valence-electron chi connectivity index (χ1n) is 8.76. The maximum Gasteiger partial charge on any atom is 0.266 e. The van der Waals surface area contributed by atoms with Crippen LogP contribution in [0.4, 0.5) is 0 Å². The molecule has 0 atom stereocenters. The maximum atomic E-state index is 13.4. The molecule has 0 bridgehead atoms. The van der Waals surface area contributed by atoms with Gasteiger partial charge in [-0.25, -0.2) is 4.98 Å². The topological polar surface area (TPSA) is 47.8 Å². The Balaban J connectivity index is 1.92. The smallest absolute Gasteiger partial charge is 0.266 e. The highest BCUT2D eigenvalue weighted by Gasteiger charge is 2.16. The predicted octanol–water partition coefficient (Wildman–Crippen LogP) is 4.69. The van der Waals surface area contributed by atoms with Gasteiger partial charge in [0.1, 0.15) is 0 Å². The van der Waals surface area contributed by atoms with Crippen molar-refractivity contribution in [1.82, 2.24) is 14.5 Å². The zero-order valence-electron chi connectivity index (χ0n) is 15.2. The van der Waals surface area contributed by atoms with Crippen LogP contribution in [-0.4, -0.2) is 14.5 Å². The number of pyridine rings is 1. The molecule has 4 aromatic rings. The number of para-hydroxylation sites is 2. The fourth-order valence-corrected chi connectivity index (χ4v) is 4.10. The van der Waals surface area contributed by atoms with Gasteiger partial charge in [-0.15, -0.1) is 0 Å². The number of hydrogen-bond donors (Lipinski definition) is 0. The van der Waals surface area contributed by atoms with E-state index < -0.39 is 0 Å². The van der Waals surface area contributed by atoms with E-state index in [1.165, 1.54) is 11.8 Å². The molecule has 5 heteroatoms. The van der Waals surface area contributed by atoms with Crippen molar-refractivity contribution in [2.24, 2.45) is 0 Å². The number of nitrogens with zero attached hydrogens (tertiary/aromatic N) is 3. The first-order chi connectivity index (χ1) is 13.1. The average molecular weight is 373 g/mol. The molecule has 0 N–H and O–H groups in total. The second kappa shape index (κ2) is 7.37. The minimum Gasteiger partial charge on any atom is -0.268 e. The van der Waals surface area contributed by atoms with Gasteiger partial charge in [0.05, 0.1) is 22.3 Å². The summed E-state index contributed by atoms with van der Waals surface area (Å²) in [5.41, 5.74) is 4.64. The third-order valence-electron chi connectivity index (χ3n) is 4.48. The number of thioether (sulfide) groups is 1. The molecule has 4 rings (SSSR count). The van der Waals surface area contributed by atoms with Crippen LogP contribution in [0.15, 0.2) is 76.8 Å². The number of rotatable bonds is 4. The highest BCUT2D eigenvalue weighted by Crippen LogP contribution is 2.27. The fourth-order valence-electron chi connectivity index (χ4n) is 3.19. The summed E-state index contributed by atoms with van der Waals surface area (Å²) in [6.45, 7) is 4.05. The van der Waals surface area contributed by atoms with Crippen LogP contribution in [0.1, 0.15) is 16.8 Å². The van der Waals surface area contributed by atoms with Gasteiger partial charge < -0.3 is 0 Å². The number of aryl methyl sites for hydroxylation is 2. The molecule has 2 aromatic carbocycles. The van der Waals surface area contributed by atoms with E-state index in [9.17, 15) is 4.79 Å². The zero-order chi connectivity index (χ0) is 18.8. The Morgan fingerprint density at radius 1 is 0.926 bits per heavy atom. The van der Waals surface area contributed by atoms with Crippen LogP contribution < -0.4 is 5.56 Å². The van der Waals surface area contributed by atoms with Crippen LogP contribution in [0.3, 0.4) is 0 Å². The second-order valence-electron chi connectivity index (χ2n) is 6.40. The largest absolute Gasteiger partial charge is 0.268 e. The Bertz CT molecular complexity index is 1150. The van der Waals surface area contributed by atoms with Crippen molar-refractivity contribution in [3.63, 3.8) is 0 Å². The SMILES string of the molecule is Cc1cccc(C)c1-n1c(SCc2ccccn2)nc2ccccc2c1=O. The van der Waals surface area contributed by atoms with E-state index >= 15 is 0 Å². The molecule has 0 radical (unpaired) electrons. The summed E-state index contributed by atoms with van der Waals surface area (Å²) in [7, 11) is 0. The van der Waals surface area contributed by atoms with Gasteiger partial charge in [0.25, 0.3) is 5.56 Å². The third-order valence-corrected chi connectivity index (χ3v) is 5.46. The minimum atomic E-state index is -0.0403. The standard InChI is InChI=1S/C22H19N3OS/c1-15-8-7-9-16(2)20(15)25-21(26)18-11-3-4-12-19(18)24-22(25)27-14-17-10-5-6-13-23-17/h3-13H,14H2,1-2H3. The van der Waals surface area contributed by atoms with Crippen molar-refractivity contribution in [2.45, 2.75) is 24.8 Å². The Morgan fingerprint density at radius 3 is 2.41 bits per heavy atom. The number of aromatic nitrogens is 3. The lowest BCUT2D eigenvalue weighted by Crippen LogP contribution is -2.23. The predicted molar refractivity (Wildman–Crippen MR) is 111 cm³/mol. The highest BCUT2D eigenvalue weighted by atomic mass is 32.2. The lowest BCUT2D eigenvalue weighted by atomic mass is 10.1. The molecule has 0 saturated carbocycles. The quantitative estimate of drug-likeness (QED) is 0.385. The van der Waals surface area contributed by atoms with Gasteiger partial charge in [0.15, 0.2) is 5.16 Å². The first kappa shape index (κ1) is 17.5. The van der Waals surface area contributed by atoms with Crippen molar-refractivity contribution in [1.29, 1.82) is 0 Å². The van der Waals surface area contributed by atoms with E-state index in [-0.39, 0.29) is 5.56 Å². The molecule has 0 fully saturated rings. The van der Waals surface area contributed by atoms with E-state index in [0.29, 0.717) is 21.8 Å². The molecular weight excluding hydrogens is 354 g/mol. The molecule has 2 aromatic heterocycles. The molecule has 0 unspecified atom stereocenters. The summed E-state index contributed by atoms with van der Waals surface area (Å²) < 4.78 is 1.75. The van der Waals surface area contributed by atoms with Crippen molar-refractivity contribution >= 4 is 22.7 Å². The summed E-state index contributed by atoms with van der Waals surface area (Å²) in [6, 6.07) is 19.4. The third kappa shape index (κ3) is 3.38. The molecule has 27 heavy (non-hydrogen) atoms. The van der Waals surface area contributed by atoms with Crippen LogP contribution in [-0.2, 0) is 5.75 Å². The number of hydrogen-bond acceptors (Lipinski definition) is 4. The first-order valence-corrected chi connectivity index (χ1v) is 9.75. The normalized spacial score (nSPS) is 11.0. The van der Waals surface area contributed by atoms with E-state index in [2.05, 4.69) is 4.98 Å². The van der Waals surface area contributed by atoms with Gasteiger partial charge in [-0.2, -0.15) is 0 Å². The van der Waals surface area contributed by atoms with Gasteiger partial charge in [0.2, 0.25) is 0 Å². The molecular formula is C22H19N3OS. The molecule has 134 valence electrons. The van der Waals surface area contributed by atoms with Crippen LogP contribution in [0, 0.1) is 13.8 Å². The maximum absolute atomic E-state index is 13.4. The zero-order valence-corrected chi connectivity index (χ0v) is 16.0. The minimum absolute atomic E-state index is 0.0403. The Kier molecular flexibility index (Phi) is 4.77. The van der Waals surface area contributed by atoms with Gasteiger partial charge in [-0.05, 0) is 49.2 Å². The van der Waals surface area contributed by atoms with Crippen molar-refractivity contribution in [3.8, 4) is 5.69 Å². The van der Waals surface area contributed by atoms with Crippen LogP contribution in [0.2, 0.25) is 0 Å². The van der Waals surface area contributed by atoms with Crippen molar-refractivity contribution in [2.75, 3.05) is 0 Å². The fraction of sp³-hybridized carbons (Fsp3) is 0.136. The molecule has 4 nitrogen and oxygen atoms in total. The number of benzene rings is 2. The Labute approximate surface area is 161 Å². The Hall–Kier alpha value is -2.92. The van der Waals surface area contributed by atoms with Gasteiger partial charge in [0, 0.05) is 11.9 Å². The summed E-state index contributed by atoms with van der Waals surface area (Å²) in [6.07, 6.45) is 1.78. The molecule has 0 amide bonds. The molecule has 0 aliphatic heterocycles. The van der Waals surface area contributed by atoms with Crippen LogP contribution in [0.25, 0.3) is 16.6 Å². The van der Waals surface area contributed by atoms with E-state index in [4.69, 9.17) is 4.98 Å². The van der Waals surface area contributed by atoms with Gasteiger partial charge in [-0.1, -0.05) is 48.2 Å². The molecule has 0 aliphatic rings. The van der Waals surface area contributed by atoms with E-state index in [1.54, 1.807) is 10.8 Å². The summed E-state index contributed by atoms with van der Waals surface area (Å²) >= 11 is 1.53. The second-order valence-corrected chi connectivity index (χ2v) is 7.34.